The minimum Gasteiger partial charge on any atom is -0.300 e. The molecule has 4 rings (SSSR count). The van der Waals surface area contributed by atoms with Crippen molar-refractivity contribution in [3.05, 3.63) is 34.4 Å². The van der Waals surface area contributed by atoms with Gasteiger partial charge in [0.2, 0.25) is 0 Å². The molecular formula is C16H18Cl2N4. The third-order valence-electron chi connectivity index (χ3n) is 5.17. The van der Waals surface area contributed by atoms with Crippen LogP contribution in [0.4, 0.5) is 0 Å². The number of piperidine rings is 1. The number of fused-ring (bicyclic) bond motifs is 2. The van der Waals surface area contributed by atoms with Gasteiger partial charge in [0.15, 0.2) is 0 Å². The predicted molar refractivity (Wildman–Crippen MR) is 88.3 cm³/mol. The van der Waals surface area contributed by atoms with Crippen LogP contribution in [0.25, 0.3) is 11.3 Å². The highest BCUT2D eigenvalue weighted by atomic mass is 35.5. The van der Waals surface area contributed by atoms with Crippen LogP contribution in [-0.4, -0.2) is 39.0 Å². The predicted octanol–water partition coefficient (Wildman–Crippen LogP) is 4.05. The van der Waals surface area contributed by atoms with E-state index < -0.39 is 0 Å². The number of hydrogen-bond acceptors (Lipinski definition) is 3. The standard InChI is InChI=1S/C16H18Cl2N4/c1-21-11-3-4-12(21)8-13(7-11)22-9-16(19-20-22)10-2-5-14(17)15(18)6-10/h2,5-6,9,11-13H,3-4,7-8H2,1H3. The van der Waals surface area contributed by atoms with Crippen molar-refractivity contribution in [2.45, 2.75) is 43.8 Å². The first-order chi connectivity index (χ1) is 10.6. The Morgan fingerprint density at radius 2 is 1.77 bits per heavy atom. The lowest BCUT2D eigenvalue weighted by Gasteiger charge is -2.36. The summed E-state index contributed by atoms with van der Waals surface area (Å²) in [6.45, 7) is 0. The molecule has 1 aromatic heterocycles. The van der Waals surface area contributed by atoms with Crippen molar-refractivity contribution in [1.82, 2.24) is 19.9 Å². The van der Waals surface area contributed by atoms with Crippen LogP contribution < -0.4 is 0 Å². The number of nitrogens with zero attached hydrogens (tertiary/aromatic N) is 4. The lowest BCUT2D eigenvalue weighted by atomic mass is 9.98. The first-order valence-corrected chi connectivity index (χ1v) is 8.46. The van der Waals surface area contributed by atoms with Crippen LogP contribution in [0.2, 0.25) is 10.0 Å². The summed E-state index contributed by atoms with van der Waals surface area (Å²) in [6.07, 6.45) is 6.99. The highest BCUT2D eigenvalue weighted by Gasteiger charge is 2.39. The molecule has 3 heterocycles. The second-order valence-electron chi connectivity index (χ2n) is 6.39. The highest BCUT2D eigenvalue weighted by molar-refractivity contribution is 6.42. The molecule has 0 aliphatic carbocycles. The number of hydrogen-bond donors (Lipinski definition) is 0. The van der Waals surface area contributed by atoms with Crippen LogP contribution in [0.15, 0.2) is 24.4 Å². The van der Waals surface area contributed by atoms with E-state index in [1.54, 1.807) is 6.07 Å². The van der Waals surface area contributed by atoms with Crippen LogP contribution in [0.5, 0.6) is 0 Å². The van der Waals surface area contributed by atoms with Gasteiger partial charge >= 0.3 is 0 Å². The number of aromatic nitrogens is 3. The lowest BCUT2D eigenvalue weighted by Crippen LogP contribution is -2.40. The Morgan fingerprint density at radius 1 is 1.05 bits per heavy atom. The Hall–Kier alpha value is -1.10. The molecule has 2 atom stereocenters. The van der Waals surface area contributed by atoms with Gasteiger partial charge in [-0.2, -0.15) is 0 Å². The maximum Gasteiger partial charge on any atom is 0.113 e. The molecule has 2 fully saturated rings. The highest BCUT2D eigenvalue weighted by Crippen LogP contribution is 2.39. The summed E-state index contributed by atoms with van der Waals surface area (Å²) in [4.78, 5) is 2.54. The molecule has 2 unspecified atom stereocenters. The normalized spacial score (nSPS) is 28.2. The quantitative estimate of drug-likeness (QED) is 0.829. The van der Waals surface area contributed by atoms with E-state index in [1.165, 1.54) is 12.8 Å². The van der Waals surface area contributed by atoms with Crippen molar-refractivity contribution >= 4 is 23.2 Å². The smallest absolute Gasteiger partial charge is 0.113 e. The summed E-state index contributed by atoms with van der Waals surface area (Å²) < 4.78 is 2.04. The van der Waals surface area contributed by atoms with Gasteiger partial charge in [0, 0.05) is 17.6 Å². The number of benzene rings is 1. The van der Waals surface area contributed by atoms with Crippen LogP contribution in [0.1, 0.15) is 31.7 Å². The van der Waals surface area contributed by atoms with Crippen LogP contribution in [0.3, 0.4) is 0 Å². The Morgan fingerprint density at radius 3 is 2.45 bits per heavy atom. The van der Waals surface area contributed by atoms with E-state index in [4.69, 9.17) is 23.2 Å². The van der Waals surface area contributed by atoms with E-state index in [1.807, 2.05) is 23.0 Å². The molecule has 0 amide bonds. The van der Waals surface area contributed by atoms with Crippen LogP contribution in [-0.2, 0) is 0 Å². The Kier molecular flexibility index (Phi) is 3.63. The van der Waals surface area contributed by atoms with E-state index in [0.29, 0.717) is 28.2 Å². The van der Waals surface area contributed by atoms with Crippen LogP contribution in [0, 0.1) is 0 Å². The molecule has 0 saturated carbocycles. The van der Waals surface area contributed by atoms with Gasteiger partial charge in [-0.1, -0.05) is 34.5 Å². The summed E-state index contributed by atoms with van der Waals surface area (Å²) in [7, 11) is 2.25. The zero-order chi connectivity index (χ0) is 15.3. The molecule has 4 nitrogen and oxygen atoms in total. The zero-order valence-corrected chi connectivity index (χ0v) is 13.9. The van der Waals surface area contributed by atoms with Gasteiger partial charge in [-0.3, -0.25) is 0 Å². The third-order valence-corrected chi connectivity index (χ3v) is 5.91. The second-order valence-corrected chi connectivity index (χ2v) is 7.20. The summed E-state index contributed by atoms with van der Waals surface area (Å²) in [5.41, 5.74) is 1.81. The topological polar surface area (TPSA) is 34.0 Å². The molecule has 2 aromatic rings. The number of halogens is 2. The molecule has 6 heteroatoms. The van der Waals surface area contributed by atoms with Gasteiger partial charge in [-0.25, -0.2) is 4.68 Å². The molecule has 0 N–H and O–H groups in total. The van der Waals surface area contributed by atoms with E-state index in [2.05, 4.69) is 22.3 Å². The molecule has 2 aliphatic rings. The lowest BCUT2D eigenvalue weighted by molar-refractivity contribution is 0.130. The number of rotatable bonds is 2. The summed E-state index contributed by atoms with van der Waals surface area (Å²) in [5.74, 6) is 0. The van der Waals surface area contributed by atoms with Crippen molar-refractivity contribution < 1.29 is 0 Å². The minimum absolute atomic E-state index is 0.456. The zero-order valence-electron chi connectivity index (χ0n) is 12.4. The average Bonchev–Trinajstić information content (AvgIpc) is 3.05. The van der Waals surface area contributed by atoms with Gasteiger partial charge in [0.05, 0.1) is 22.3 Å². The molecular weight excluding hydrogens is 319 g/mol. The minimum atomic E-state index is 0.456. The summed E-state index contributed by atoms with van der Waals surface area (Å²) >= 11 is 12.1. The Labute approximate surface area is 140 Å². The van der Waals surface area contributed by atoms with Gasteiger partial charge in [0.1, 0.15) is 5.69 Å². The van der Waals surface area contributed by atoms with Gasteiger partial charge in [-0.05, 0) is 44.9 Å². The molecule has 0 radical (unpaired) electrons. The molecule has 1 aromatic carbocycles. The van der Waals surface area contributed by atoms with Crippen LogP contribution >= 0.6 is 23.2 Å². The van der Waals surface area contributed by atoms with E-state index in [-0.39, 0.29) is 0 Å². The van der Waals surface area contributed by atoms with E-state index in [9.17, 15) is 0 Å². The third kappa shape index (κ3) is 2.43. The summed E-state index contributed by atoms with van der Waals surface area (Å²) in [5, 5.41) is 9.79. The first kappa shape index (κ1) is 14.5. The first-order valence-electron chi connectivity index (χ1n) is 7.71. The Balaban J connectivity index is 1.58. The van der Waals surface area contributed by atoms with Gasteiger partial charge < -0.3 is 4.90 Å². The van der Waals surface area contributed by atoms with Crippen molar-refractivity contribution in [1.29, 1.82) is 0 Å². The maximum atomic E-state index is 6.09. The second kappa shape index (κ2) is 5.52. The van der Waals surface area contributed by atoms with E-state index >= 15 is 0 Å². The van der Waals surface area contributed by atoms with Crippen molar-refractivity contribution in [2.75, 3.05) is 7.05 Å². The molecule has 2 aliphatic heterocycles. The fourth-order valence-corrected chi connectivity index (χ4v) is 4.14. The molecule has 2 bridgehead atoms. The van der Waals surface area contributed by atoms with E-state index in [0.717, 1.165) is 24.1 Å². The molecule has 116 valence electrons. The van der Waals surface area contributed by atoms with Gasteiger partial charge in [-0.15, -0.1) is 5.10 Å². The summed E-state index contributed by atoms with van der Waals surface area (Å²) in [6, 6.07) is 7.42. The molecule has 2 saturated heterocycles. The largest absolute Gasteiger partial charge is 0.300 e. The van der Waals surface area contributed by atoms with Crippen molar-refractivity contribution in [3.63, 3.8) is 0 Å². The van der Waals surface area contributed by atoms with Gasteiger partial charge in [0.25, 0.3) is 0 Å². The monoisotopic (exact) mass is 336 g/mol. The van der Waals surface area contributed by atoms with Crippen molar-refractivity contribution in [3.8, 4) is 11.3 Å². The molecule has 0 spiro atoms. The average molecular weight is 337 g/mol. The fraction of sp³-hybridized carbons (Fsp3) is 0.500. The fourth-order valence-electron chi connectivity index (χ4n) is 3.84. The maximum absolute atomic E-state index is 6.09. The van der Waals surface area contributed by atoms with Crippen molar-refractivity contribution in [2.24, 2.45) is 0 Å². The SMILES string of the molecule is CN1C2CCC1CC(n1cc(-c3ccc(Cl)c(Cl)c3)nn1)C2. The molecule has 22 heavy (non-hydrogen) atoms. The Bertz CT molecular complexity index is 685.